The van der Waals surface area contributed by atoms with Gasteiger partial charge in [-0.2, -0.15) is 0 Å². The molecule has 1 aromatic heterocycles. The lowest BCUT2D eigenvalue weighted by atomic mass is 9.99. The summed E-state index contributed by atoms with van der Waals surface area (Å²) in [6, 6.07) is 23.7. The maximum absolute atomic E-state index is 13.6. The minimum absolute atomic E-state index is 0.0961. The molecule has 0 radical (unpaired) electrons. The average molecular weight is 425 g/mol. The molecule has 0 saturated heterocycles. The van der Waals surface area contributed by atoms with Crippen LogP contribution in [0.15, 0.2) is 85.2 Å². The van der Waals surface area contributed by atoms with Crippen molar-refractivity contribution in [3.05, 3.63) is 102 Å². The molecule has 1 aliphatic rings. The minimum Gasteiger partial charge on any atom is -0.486 e. The van der Waals surface area contributed by atoms with Crippen LogP contribution in [0.5, 0.6) is 11.5 Å². The van der Waals surface area contributed by atoms with Crippen LogP contribution in [0, 0.1) is 0 Å². The lowest BCUT2D eigenvalue weighted by Crippen LogP contribution is -2.31. The largest absolute Gasteiger partial charge is 0.486 e. The van der Waals surface area contributed by atoms with Crippen molar-refractivity contribution in [3.63, 3.8) is 0 Å². The molecule has 6 nitrogen and oxygen atoms in total. The summed E-state index contributed by atoms with van der Waals surface area (Å²) in [6.07, 6.45) is 3.46. The summed E-state index contributed by atoms with van der Waals surface area (Å²) < 4.78 is 11.3. The van der Waals surface area contributed by atoms with Gasteiger partial charge in [0, 0.05) is 24.5 Å². The Kier molecular flexibility index (Phi) is 5.58. The molecule has 6 heteroatoms. The number of imidazole rings is 1. The third-order valence-corrected chi connectivity index (χ3v) is 5.44. The van der Waals surface area contributed by atoms with Crippen LogP contribution in [-0.2, 0) is 13.1 Å². The molecule has 0 bridgehead atoms. The van der Waals surface area contributed by atoms with Crippen LogP contribution in [0.1, 0.15) is 21.7 Å². The van der Waals surface area contributed by atoms with E-state index < -0.39 is 0 Å². The molecule has 0 saturated carbocycles. The Balaban J connectivity index is 1.48. The number of fused-ring (bicyclic) bond motifs is 1. The number of ether oxygens (including phenoxy) is 2. The minimum atomic E-state index is -0.0961. The summed E-state index contributed by atoms with van der Waals surface area (Å²) in [5.74, 6) is 1.90. The summed E-state index contributed by atoms with van der Waals surface area (Å²) in [6.45, 7) is 1.80. The molecule has 0 unspecified atom stereocenters. The Hall–Kier alpha value is -4.06. The van der Waals surface area contributed by atoms with Gasteiger partial charge >= 0.3 is 0 Å². The van der Waals surface area contributed by atoms with Crippen molar-refractivity contribution >= 4 is 5.91 Å². The maximum Gasteiger partial charge on any atom is 0.254 e. The molecule has 1 aliphatic heterocycles. The zero-order chi connectivity index (χ0) is 21.8. The fourth-order valence-corrected chi connectivity index (χ4v) is 3.89. The molecule has 32 heavy (non-hydrogen) atoms. The van der Waals surface area contributed by atoms with Gasteiger partial charge in [-0.1, -0.05) is 54.6 Å². The molecule has 5 rings (SSSR count). The number of H-pyrrole nitrogens is 1. The zero-order valence-corrected chi connectivity index (χ0v) is 17.5. The number of aromatic nitrogens is 2. The highest BCUT2D eigenvalue weighted by molar-refractivity contribution is 5.95. The van der Waals surface area contributed by atoms with Crippen LogP contribution in [0.3, 0.4) is 0 Å². The summed E-state index contributed by atoms with van der Waals surface area (Å²) in [7, 11) is 0. The van der Waals surface area contributed by atoms with Gasteiger partial charge in [-0.05, 0) is 34.9 Å². The third kappa shape index (κ3) is 4.21. The van der Waals surface area contributed by atoms with E-state index in [0.29, 0.717) is 43.4 Å². The first-order valence-corrected chi connectivity index (χ1v) is 10.6. The van der Waals surface area contributed by atoms with E-state index in [4.69, 9.17) is 9.47 Å². The van der Waals surface area contributed by atoms with E-state index >= 15 is 0 Å². The first-order chi connectivity index (χ1) is 15.8. The van der Waals surface area contributed by atoms with E-state index in [9.17, 15) is 4.79 Å². The van der Waals surface area contributed by atoms with Gasteiger partial charge in [-0.15, -0.1) is 0 Å². The monoisotopic (exact) mass is 425 g/mol. The first kappa shape index (κ1) is 19.9. The van der Waals surface area contributed by atoms with Gasteiger partial charge in [0.25, 0.3) is 5.91 Å². The van der Waals surface area contributed by atoms with Gasteiger partial charge in [0.1, 0.15) is 19.0 Å². The van der Waals surface area contributed by atoms with E-state index in [1.807, 2.05) is 30.3 Å². The zero-order valence-electron chi connectivity index (χ0n) is 17.5. The highest BCUT2D eigenvalue weighted by Gasteiger charge is 2.22. The number of hydrogen-bond acceptors (Lipinski definition) is 4. The van der Waals surface area contributed by atoms with Crippen molar-refractivity contribution < 1.29 is 14.3 Å². The van der Waals surface area contributed by atoms with Crippen LogP contribution in [0.4, 0.5) is 0 Å². The molecule has 160 valence electrons. The molecular formula is C26H23N3O3. The summed E-state index contributed by atoms with van der Waals surface area (Å²) in [5.41, 5.74) is 3.84. The van der Waals surface area contributed by atoms with E-state index in [1.165, 1.54) is 0 Å². The molecule has 0 fully saturated rings. The van der Waals surface area contributed by atoms with Gasteiger partial charge in [-0.3, -0.25) is 4.79 Å². The lowest BCUT2D eigenvalue weighted by Gasteiger charge is -2.25. The van der Waals surface area contributed by atoms with Gasteiger partial charge in [0.2, 0.25) is 0 Å². The van der Waals surface area contributed by atoms with Crippen LogP contribution < -0.4 is 9.47 Å². The number of nitrogens with zero attached hydrogens (tertiary/aromatic N) is 2. The van der Waals surface area contributed by atoms with E-state index in [2.05, 4.69) is 34.2 Å². The first-order valence-electron chi connectivity index (χ1n) is 10.6. The molecule has 1 amide bonds. The highest BCUT2D eigenvalue weighted by Crippen LogP contribution is 2.32. The van der Waals surface area contributed by atoms with E-state index in [0.717, 1.165) is 22.5 Å². The number of aromatic amines is 1. The van der Waals surface area contributed by atoms with Gasteiger partial charge < -0.3 is 19.4 Å². The number of rotatable bonds is 6. The van der Waals surface area contributed by atoms with E-state index in [1.54, 1.807) is 35.5 Å². The molecule has 0 spiro atoms. The molecule has 4 aromatic rings. The van der Waals surface area contributed by atoms with Gasteiger partial charge in [0.15, 0.2) is 11.5 Å². The van der Waals surface area contributed by atoms with Crippen LogP contribution in [0.25, 0.3) is 11.1 Å². The summed E-state index contributed by atoms with van der Waals surface area (Å²) in [4.78, 5) is 22.8. The van der Waals surface area contributed by atoms with Crippen molar-refractivity contribution in [2.24, 2.45) is 0 Å². The molecule has 0 aliphatic carbocycles. The van der Waals surface area contributed by atoms with Crippen molar-refractivity contribution in [3.8, 4) is 22.6 Å². The number of carbonyl (C=O) groups is 1. The number of nitrogens with one attached hydrogen (secondary N) is 1. The second-order valence-corrected chi connectivity index (χ2v) is 7.58. The number of benzene rings is 3. The van der Waals surface area contributed by atoms with Crippen LogP contribution >= 0.6 is 0 Å². The topological polar surface area (TPSA) is 67.5 Å². The average Bonchev–Trinajstić information content (AvgIpc) is 3.37. The fourth-order valence-electron chi connectivity index (χ4n) is 3.89. The third-order valence-electron chi connectivity index (χ3n) is 5.44. The Morgan fingerprint density at radius 2 is 1.69 bits per heavy atom. The molecule has 2 heterocycles. The second-order valence-electron chi connectivity index (χ2n) is 7.58. The molecule has 3 aromatic carbocycles. The van der Waals surface area contributed by atoms with E-state index in [-0.39, 0.29) is 5.91 Å². The Morgan fingerprint density at radius 1 is 0.906 bits per heavy atom. The van der Waals surface area contributed by atoms with Crippen LogP contribution in [0.2, 0.25) is 0 Å². The molecule has 1 N–H and O–H groups in total. The molecular weight excluding hydrogens is 402 g/mol. The van der Waals surface area contributed by atoms with Gasteiger partial charge in [0.05, 0.1) is 6.54 Å². The van der Waals surface area contributed by atoms with Crippen molar-refractivity contribution in [1.82, 2.24) is 14.9 Å². The Bertz CT molecular complexity index is 1210. The van der Waals surface area contributed by atoms with Crippen molar-refractivity contribution in [1.29, 1.82) is 0 Å². The SMILES string of the molecule is O=C(c1ccc2c(c1)OCCO2)N(Cc1ncc[nH]1)Cc1ccccc1-c1ccccc1. The normalized spacial score (nSPS) is 12.4. The molecule has 0 atom stereocenters. The maximum atomic E-state index is 13.6. The highest BCUT2D eigenvalue weighted by atomic mass is 16.6. The van der Waals surface area contributed by atoms with Crippen molar-refractivity contribution in [2.45, 2.75) is 13.1 Å². The quantitative estimate of drug-likeness (QED) is 0.487. The van der Waals surface area contributed by atoms with Crippen LogP contribution in [-0.4, -0.2) is 34.0 Å². The summed E-state index contributed by atoms with van der Waals surface area (Å²) >= 11 is 0. The van der Waals surface area contributed by atoms with Gasteiger partial charge in [-0.25, -0.2) is 4.98 Å². The standard InChI is InChI=1S/C26H23N3O3/c30-26(20-10-11-23-24(16-20)32-15-14-31-23)29(18-25-27-12-13-28-25)17-21-8-4-5-9-22(21)19-6-2-1-3-7-19/h1-13,16H,14-15,17-18H2,(H,27,28). The Labute approximate surface area is 186 Å². The summed E-state index contributed by atoms with van der Waals surface area (Å²) in [5, 5.41) is 0. The number of amides is 1. The van der Waals surface area contributed by atoms with Crippen molar-refractivity contribution in [2.75, 3.05) is 13.2 Å². The lowest BCUT2D eigenvalue weighted by molar-refractivity contribution is 0.0725. The fraction of sp³-hybridized carbons (Fsp3) is 0.154. The number of carbonyl (C=O) groups excluding carboxylic acids is 1. The Morgan fingerprint density at radius 3 is 2.50 bits per heavy atom. The second kappa shape index (κ2) is 8.98. The predicted octanol–water partition coefficient (Wildman–Crippen LogP) is 4.69. The number of hydrogen-bond donors (Lipinski definition) is 1. The predicted molar refractivity (Wildman–Crippen MR) is 121 cm³/mol. The smallest absolute Gasteiger partial charge is 0.254 e.